The van der Waals surface area contributed by atoms with Crippen molar-refractivity contribution in [2.45, 2.75) is 45.4 Å². The third-order valence-corrected chi connectivity index (χ3v) is 3.29. The van der Waals surface area contributed by atoms with Gasteiger partial charge in [-0.15, -0.1) is 0 Å². The van der Waals surface area contributed by atoms with Gasteiger partial charge in [-0.3, -0.25) is 9.89 Å². The number of hydrogen-bond donors (Lipinski definition) is 3. The van der Waals surface area contributed by atoms with Crippen LogP contribution in [0.1, 0.15) is 55.9 Å². The van der Waals surface area contributed by atoms with Crippen LogP contribution in [0.2, 0.25) is 0 Å². The van der Waals surface area contributed by atoms with Crippen LogP contribution in [0.4, 0.5) is 5.69 Å². The lowest BCUT2D eigenvalue weighted by molar-refractivity contribution is 0.0737. The molecule has 1 aromatic heterocycles. The van der Waals surface area contributed by atoms with E-state index in [0.29, 0.717) is 30.9 Å². The van der Waals surface area contributed by atoms with E-state index in [1.54, 1.807) is 4.90 Å². The molecule has 1 rings (SSSR count). The van der Waals surface area contributed by atoms with Gasteiger partial charge in [-0.2, -0.15) is 5.10 Å². The molecule has 0 aliphatic carbocycles. The van der Waals surface area contributed by atoms with Gasteiger partial charge in [-0.25, -0.2) is 0 Å². The number of aromatic nitrogens is 2. The minimum Gasteiger partial charge on any atom is -0.396 e. The first-order chi connectivity index (χ1) is 9.70. The van der Waals surface area contributed by atoms with Gasteiger partial charge in [0.15, 0.2) is 0 Å². The van der Waals surface area contributed by atoms with Crippen LogP contribution in [0.3, 0.4) is 0 Å². The molecule has 1 amide bonds. The fraction of sp³-hybridized carbons (Fsp3) is 0.714. The van der Waals surface area contributed by atoms with Gasteiger partial charge in [0.1, 0.15) is 5.69 Å². The van der Waals surface area contributed by atoms with Gasteiger partial charge >= 0.3 is 0 Å². The van der Waals surface area contributed by atoms with Crippen LogP contribution >= 0.6 is 0 Å². The van der Waals surface area contributed by atoms with Crippen LogP contribution in [-0.4, -0.2) is 45.8 Å². The van der Waals surface area contributed by atoms with Crippen LogP contribution in [0.15, 0.2) is 6.20 Å². The fourth-order valence-corrected chi connectivity index (χ4v) is 2.11. The smallest absolute Gasteiger partial charge is 0.274 e. The molecular weight excluding hydrogens is 256 g/mol. The van der Waals surface area contributed by atoms with E-state index in [1.807, 2.05) is 0 Å². The van der Waals surface area contributed by atoms with Gasteiger partial charge < -0.3 is 15.7 Å². The Bertz CT molecular complexity index is 392. The topological polar surface area (TPSA) is 95.2 Å². The third-order valence-electron chi connectivity index (χ3n) is 3.29. The number of aromatic amines is 1. The molecule has 0 fully saturated rings. The molecule has 0 spiro atoms. The van der Waals surface area contributed by atoms with Crippen LogP contribution in [0.25, 0.3) is 0 Å². The maximum atomic E-state index is 12.3. The maximum Gasteiger partial charge on any atom is 0.274 e. The summed E-state index contributed by atoms with van der Waals surface area (Å²) >= 11 is 0. The lowest BCUT2D eigenvalue weighted by Gasteiger charge is -2.22. The van der Waals surface area contributed by atoms with E-state index in [9.17, 15) is 4.79 Å². The van der Waals surface area contributed by atoms with E-state index >= 15 is 0 Å². The predicted molar refractivity (Wildman–Crippen MR) is 79.4 cm³/mol. The summed E-state index contributed by atoms with van der Waals surface area (Å²) in [5.74, 6) is -0.135. The Balaban J connectivity index is 2.50. The maximum absolute atomic E-state index is 12.3. The molecule has 0 saturated carbocycles. The highest BCUT2D eigenvalue weighted by atomic mass is 16.3. The van der Waals surface area contributed by atoms with Crippen molar-refractivity contribution in [3.63, 3.8) is 0 Å². The van der Waals surface area contributed by atoms with E-state index in [-0.39, 0.29) is 12.5 Å². The lowest BCUT2D eigenvalue weighted by atomic mass is 10.1. The first-order valence-electron chi connectivity index (χ1n) is 7.39. The Hall–Kier alpha value is -1.56. The normalized spacial score (nSPS) is 10.7. The van der Waals surface area contributed by atoms with Crippen LogP contribution < -0.4 is 5.73 Å². The summed E-state index contributed by atoms with van der Waals surface area (Å²) in [7, 11) is 0. The minimum atomic E-state index is -0.135. The molecule has 20 heavy (non-hydrogen) atoms. The van der Waals surface area contributed by atoms with E-state index in [1.165, 1.54) is 25.5 Å². The zero-order valence-electron chi connectivity index (χ0n) is 12.3. The molecule has 1 aromatic rings. The third kappa shape index (κ3) is 5.21. The van der Waals surface area contributed by atoms with Crippen molar-refractivity contribution < 1.29 is 9.90 Å². The van der Waals surface area contributed by atoms with Gasteiger partial charge in [0.05, 0.1) is 11.9 Å². The predicted octanol–water partition coefficient (Wildman–Crippen LogP) is 1.79. The molecule has 0 bridgehead atoms. The van der Waals surface area contributed by atoms with Crippen molar-refractivity contribution in [2.24, 2.45) is 0 Å². The molecule has 6 nitrogen and oxygen atoms in total. The molecule has 0 atom stereocenters. The molecule has 6 heteroatoms. The number of anilines is 1. The zero-order chi connectivity index (χ0) is 14.8. The second kappa shape index (κ2) is 9.36. The molecular formula is C14H26N4O2. The number of nitrogens with zero attached hydrogens (tertiary/aromatic N) is 2. The average molecular weight is 282 g/mol. The number of rotatable bonds is 10. The summed E-state index contributed by atoms with van der Waals surface area (Å²) in [6.07, 6.45) is 7.76. The van der Waals surface area contributed by atoms with Gasteiger partial charge in [-0.05, 0) is 12.8 Å². The Kier molecular flexibility index (Phi) is 7.72. The van der Waals surface area contributed by atoms with Gasteiger partial charge in [0.2, 0.25) is 0 Å². The monoisotopic (exact) mass is 282 g/mol. The van der Waals surface area contributed by atoms with Crippen molar-refractivity contribution in [3.05, 3.63) is 11.9 Å². The number of nitrogens with one attached hydrogen (secondary N) is 1. The Labute approximate surface area is 120 Å². The highest BCUT2D eigenvalue weighted by molar-refractivity contribution is 5.96. The number of nitrogens with two attached hydrogens (primary N) is 1. The number of aliphatic hydroxyl groups excluding tert-OH is 1. The van der Waals surface area contributed by atoms with E-state index < -0.39 is 0 Å². The molecule has 114 valence electrons. The van der Waals surface area contributed by atoms with Gasteiger partial charge in [0.25, 0.3) is 5.91 Å². The largest absolute Gasteiger partial charge is 0.396 e. The summed E-state index contributed by atoms with van der Waals surface area (Å²) < 4.78 is 0. The standard InChI is InChI=1S/C14H26N4O2/c1-2-3-4-5-6-8-18(9-7-10-19)14(20)13-12(15)11-16-17-13/h11,19H,2-10,15H2,1H3,(H,16,17). The molecule has 0 aliphatic heterocycles. The van der Waals surface area contributed by atoms with Gasteiger partial charge in [0, 0.05) is 19.7 Å². The summed E-state index contributed by atoms with van der Waals surface area (Å²) in [5, 5.41) is 15.4. The second-order valence-corrected chi connectivity index (χ2v) is 4.98. The van der Waals surface area contributed by atoms with Crippen LogP contribution in [-0.2, 0) is 0 Å². The number of unbranched alkanes of at least 4 members (excludes halogenated alkanes) is 4. The SMILES string of the molecule is CCCCCCCN(CCCO)C(=O)c1[nH]ncc1N. The second-order valence-electron chi connectivity index (χ2n) is 4.98. The Morgan fingerprint density at radius 1 is 1.30 bits per heavy atom. The number of hydrogen-bond acceptors (Lipinski definition) is 4. The molecule has 0 aliphatic rings. The van der Waals surface area contributed by atoms with Crippen LogP contribution in [0, 0.1) is 0 Å². The van der Waals surface area contributed by atoms with Crippen molar-refractivity contribution in [1.82, 2.24) is 15.1 Å². The summed E-state index contributed by atoms with van der Waals surface area (Å²) in [4.78, 5) is 14.1. The number of nitrogen functional groups attached to an aromatic ring is 1. The molecule has 4 N–H and O–H groups in total. The number of H-pyrrole nitrogens is 1. The lowest BCUT2D eigenvalue weighted by Crippen LogP contribution is -2.34. The van der Waals surface area contributed by atoms with E-state index in [0.717, 1.165) is 12.8 Å². The number of aliphatic hydroxyl groups is 1. The highest BCUT2D eigenvalue weighted by Gasteiger charge is 2.19. The molecule has 0 radical (unpaired) electrons. The zero-order valence-corrected chi connectivity index (χ0v) is 12.3. The highest BCUT2D eigenvalue weighted by Crippen LogP contribution is 2.12. The Morgan fingerprint density at radius 2 is 2.00 bits per heavy atom. The number of carbonyl (C=O) groups excluding carboxylic acids is 1. The van der Waals surface area contributed by atoms with Crippen molar-refractivity contribution in [2.75, 3.05) is 25.4 Å². The Morgan fingerprint density at radius 3 is 2.60 bits per heavy atom. The van der Waals surface area contributed by atoms with Crippen molar-refractivity contribution in [1.29, 1.82) is 0 Å². The molecule has 0 aromatic carbocycles. The summed E-state index contributed by atoms with van der Waals surface area (Å²) in [6, 6.07) is 0. The first-order valence-corrected chi connectivity index (χ1v) is 7.39. The molecule has 0 saturated heterocycles. The van der Waals surface area contributed by atoms with E-state index in [4.69, 9.17) is 10.8 Å². The molecule has 1 heterocycles. The summed E-state index contributed by atoms with van der Waals surface area (Å²) in [6.45, 7) is 3.50. The van der Waals surface area contributed by atoms with Crippen molar-refractivity contribution >= 4 is 11.6 Å². The quantitative estimate of drug-likeness (QED) is 0.570. The average Bonchev–Trinajstić information content (AvgIpc) is 2.87. The summed E-state index contributed by atoms with van der Waals surface area (Å²) in [5.41, 5.74) is 6.43. The first kappa shape index (κ1) is 16.5. The fourth-order valence-electron chi connectivity index (χ4n) is 2.11. The van der Waals surface area contributed by atoms with E-state index in [2.05, 4.69) is 17.1 Å². The number of carbonyl (C=O) groups is 1. The minimum absolute atomic E-state index is 0.0814. The van der Waals surface area contributed by atoms with Gasteiger partial charge in [-0.1, -0.05) is 32.6 Å². The van der Waals surface area contributed by atoms with Crippen molar-refractivity contribution in [3.8, 4) is 0 Å². The number of amides is 1. The molecule has 0 unspecified atom stereocenters. The van der Waals surface area contributed by atoms with Crippen LogP contribution in [0.5, 0.6) is 0 Å².